The van der Waals surface area contributed by atoms with Crippen LogP contribution in [-0.2, 0) is 14.3 Å². The lowest BCUT2D eigenvalue weighted by atomic mass is 10.3. The molecule has 0 saturated carbocycles. The zero-order valence-corrected chi connectivity index (χ0v) is 11.5. The van der Waals surface area contributed by atoms with E-state index in [4.69, 9.17) is 14.6 Å². The molecule has 1 unspecified atom stereocenters. The van der Waals surface area contributed by atoms with Gasteiger partial charge >= 0.3 is 5.97 Å². The highest BCUT2D eigenvalue weighted by atomic mass is 32.1. The van der Waals surface area contributed by atoms with Gasteiger partial charge in [0.2, 0.25) is 5.91 Å². The summed E-state index contributed by atoms with van der Waals surface area (Å²) in [6.45, 7) is 2.44. The van der Waals surface area contributed by atoms with Crippen LogP contribution in [0.4, 0.5) is 0 Å². The van der Waals surface area contributed by atoms with Crippen molar-refractivity contribution in [2.75, 3.05) is 26.9 Å². The van der Waals surface area contributed by atoms with Crippen molar-refractivity contribution in [3.05, 3.63) is 16.1 Å². The highest BCUT2D eigenvalue weighted by Gasteiger charge is 2.15. The second-order valence-electron chi connectivity index (χ2n) is 3.71. The number of thiazole rings is 1. The molecule has 1 aromatic heterocycles. The van der Waals surface area contributed by atoms with E-state index in [2.05, 4.69) is 10.3 Å². The molecule has 0 bridgehead atoms. The molecule has 2 N–H and O–H groups in total. The standard InChI is InChI=1S/C11H16N2O5S/c1-7(10-13-8(6-19-10)11(15)16)12-9(14)5-18-4-3-17-2/h6-7H,3-5H2,1-2H3,(H,12,14)(H,15,16). The lowest BCUT2D eigenvalue weighted by molar-refractivity contribution is -0.126. The van der Waals surface area contributed by atoms with Crippen LogP contribution in [0, 0.1) is 0 Å². The lowest BCUT2D eigenvalue weighted by Gasteiger charge is -2.11. The number of carboxylic acid groups (broad SMARTS) is 1. The predicted octanol–water partition coefficient (Wildman–Crippen LogP) is 0.681. The van der Waals surface area contributed by atoms with E-state index in [0.717, 1.165) is 0 Å². The van der Waals surface area contributed by atoms with Crippen LogP contribution < -0.4 is 5.32 Å². The Balaban J connectivity index is 2.38. The Kier molecular flexibility index (Phi) is 6.40. The van der Waals surface area contributed by atoms with Gasteiger partial charge in [-0.15, -0.1) is 11.3 Å². The van der Waals surface area contributed by atoms with Crippen molar-refractivity contribution >= 4 is 23.2 Å². The van der Waals surface area contributed by atoms with Crippen molar-refractivity contribution in [2.24, 2.45) is 0 Å². The van der Waals surface area contributed by atoms with Crippen LogP contribution in [0.2, 0.25) is 0 Å². The van der Waals surface area contributed by atoms with Crippen molar-refractivity contribution < 1.29 is 24.2 Å². The SMILES string of the molecule is COCCOCC(=O)NC(C)c1nc(C(=O)O)cs1. The summed E-state index contributed by atoms with van der Waals surface area (Å²) in [6, 6.07) is -0.350. The van der Waals surface area contributed by atoms with E-state index < -0.39 is 5.97 Å². The van der Waals surface area contributed by atoms with Gasteiger partial charge in [0.1, 0.15) is 11.6 Å². The van der Waals surface area contributed by atoms with E-state index in [0.29, 0.717) is 18.2 Å². The smallest absolute Gasteiger partial charge is 0.355 e. The predicted molar refractivity (Wildman–Crippen MR) is 68.3 cm³/mol. The van der Waals surface area contributed by atoms with Gasteiger partial charge in [0.25, 0.3) is 0 Å². The molecule has 0 aliphatic heterocycles. The third kappa shape index (κ3) is 5.33. The Morgan fingerprint density at radius 2 is 2.26 bits per heavy atom. The van der Waals surface area contributed by atoms with Crippen molar-refractivity contribution in [3.63, 3.8) is 0 Å². The van der Waals surface area contributed by atoms with Crippen LogP contribution >= 0.6 is 11.3 Å². The number of aromatic nitrogens is 1. The number of nitrogens with zero attached hydrogens (tertiary/aromatic N) is 1. The summed E-state index contributed by atoms with van der Waals surface area (Å²) in [4.78, 5) is 26.1. The molecular weight excluding hydrogens is 272 g/mol. The van der Waals surface area contributed by atoms with Crippen LogP contribution in [0.5, 0.6) is 0 Å². The Morgan fingerprint density at radius 3 is 2.84 bits per heavy atom. The number of carboxylic acids is 1. The van der Waals surface area contributed by atoms with Crippen LogP contribution in [0.25, 0.3) is 0 Å². The molecule has 106 valence electrons. The Bertz CT molecular complexity index is 434. The van der Waals surface area contributed by atoms with E-state index in [1.807, 2.05) is 0 Å². The minimum atomic E-state index is -1.08. The van der Waals surface area contributed by atoms with Crippen molar-refractivity contribution in [1.82, 2.24) is 10.3 Å². The molecular formula is C11H16N2O5S. The molecule has 1 aromatic rings. The Morgan fingerprint density at radius 1 is 1.53 bits per heavy atom. The molecule has 8 heteroatoms. The molecule has 7 nitrogen and oxygen atoms in total. The Hall–Kier alpha value is -1.51. The fourth-order valence-electron chi connectivity index (χ4n) is 1.24. The van der Waals surface area contributed by atoms with E-state index in [1.165, 1.54) is 16.7 Å². The maximum Gasteiger partial charge on any atom is 0.355 e. The second kappa shape index (κ2) is 7.82. The van der Waals surface area contributed by atoms with Gasteiger partial charge in [-0.1, -0.05) is 0 Å². The summed E-state index contributed by atoms with van der Waals surface area (Å²) in [6.07, 6.45) is 0. The van der Waals surface area contributed by atoms with Gasteiger partial charge in [-0.2, -0.15) is 0 Å². The molecule has 0 radical (unpaired) electrons. The summed E-state index contributed by atoms with van der Waals surface area (Å²) in [5.74, 6) is -1.36. The molecule has 19 heavy (non-hydrogen) atoms. The van der Waals surface area contributed by atoms with Gasteiger partial charge in [0, 0.05) is 12.5 Å². The van der Waals surface area contributed by atoms with Gasteiger partial charge in [-0.3, -0.25) is 4.79 Å². The summed E-state index contributed by atoms with van der Waals surface area (Å²) < 4.78 is 9.85. The molecule has 0 fully saturated rings. The first kappa shape index (κ1) is 15.5. The number of hydrogen-bond donors (Lipinski definition) is 2. The number of carbonyl (C=O) groups is 2. The third-order valence-electron chi connectivity index (χ3n) is 2.15. The highest BCUT2D eigenvalue weighted by molar-refractivity contribution is 7.09. The molecule has 0 aromatic carbocycles. The van der Waals surface area contributed by atoms with Gasteiger partial charge in [-0.05, 0) is 6.92 Å². The van der Waals surface area contributed by atoms with Gasteiger partial charge in [-0.25, -0.2) is 9.78 Å². The van der Waals surface area contributed by atoms with Crippen LogP contribution in [-0.4, -0.2) is 48.9 Å². The zero-order valence-electron chi connectivity index (χ0n) is 10.7. The topological polar surface area (TPSA) is 97.8 Å². The summed E-state index contributed by atoms with van der Waals surface area (Å²) in [5.41, 5.74) is -0.0163. The second-order valence-corrected chi connectivity index (χ2v) is 4.60. The number of rotatable bonds is 8. The monoisotopic (exact) mass is 288 g/mol. The Labute approximate surface area is 114 Å². The minimum absolute atomic E-state index is 0.0163. The first-order valence-electron chi connectivity index (χ1n) is 5.59. The van der Waals surface area contributed by atoms with Gasteiger partial charge in [0.05, 0.1) is 19.3 Å². The van der Waals surface area contributed by atoms with Crippen molar-refractivity contribution in [2.45, 2.75) is 13.0 Å². The highest BCUT2D eigenvalue weighted by Crippen LogP contribution is 2.17. The number of carbonyl (C=O) groups excluding carboxylic acids is 1. The normalized spacial score (nSPS) is 12.1. The van der Waals surface area contributed by atoms with E-state index in [1.54, 1.807) is 14.0 Å². The maximum atomic E-state index is 11.5. The largest absolute Gasteiger partial charge is 0.476 e. The van der Waals surface area contributed by atoms with E-state index in [-0.39, 0.29) is 24.2 Å². The average molecular weight is 288 g/mol. The first-order valence-corrected chi connectivity index (χ1v) is 6.47. The fraction of sp³-hybridized carbons (Fsp3) is 0.545. The number of aromatic carboxylic acids is 1. The maximum absolute atomic E-state index is 11.5. The third-order valence-corrected chi connectivity index (χ3v) is 3.18. The fourth-order valence-corrected chi connectivity index (χ4v) is 2.04. The molecule has 1 rings (SSSR count). The van der Waals surface area contributed by atoms with Crippen molar-refractivity contribution in [3.8, 4) is 0 Å². The summed E-state index contributed by atoms with van der Waals surface area (Å²) >= 11 is 1.19. The molecule has 1 atom stereocenters. The number of hydrogen-bond acceptors (Lipinski definition) is 6. The average Bonchev–Trinajstić information content (AvgIpc) is 2.84. The van der Waals surface area contributed by atoms with E-state index >= 15 is 0 Å². The number of ether oxygens (including phenoxy) is 2. The molecule has 1 heterocycles. The zero-order chi connectivity index (χ0) is 14.3. The molecule has 1 amide bonds. The number of nitrogens with one attached hydrogen (secondary N) is 1. The van der Waals surface area contributed by atoms with E-state index in [9.17, 15) is 9.59 Å². The van der Waals surface area contributed by atoms with Crippen LogP contribution in [0.3, 0.4) is 0 Å². The number of methoxy groups -OCH3 is 1. The first-order chi connectivity index (χ1) is 9.04. The van der Waals surface area contributed by atoms with Crippen LogP contribution in [0.1, 0.15) is 28.5 Å². The summed E-state index contributed by atoms with van der Waals surface area (Å²) in [7, 11) is 1.55. The molecule has 0 saturated heterocycles. The number of amides is 1. The molecule has 0 spiro atoms. The van der Waals surface area contributed by atoms with Gasteiger partial charge < -0.3 is 19.9 Å². The minimum Gasteiger partial charge on any atom is -0.476 e. The molecule has 0 aliphatic carbocycles. The van der Waals surface area contributed by atoms with Gasteiger partial charge in [0.15, 0.2) is 5.69 Å². The lowest BCUT2D eigenvalue weighted by Crippen LogP contribution is -2.30. The molecule has 0 aliphatic rings. The van der Waals surface area contributed by atoms with Crippen LogP contribution in [0.15, 0.2) is 5.38 Å². The van der Waals surface area contributed by atoms with Crippen molar-refractivity contribution in [1.29, 1.82) is 0 Å². The summed E-state index contributed by atoms with van der Waals surface area (Å²) in [5, 5.41) is 13.4. The quantitative estimate of drug-likeness (QED) is 0.683.